The quantitative estimate of drug-likeness (QED) is 0.763. The Morgan fingerprint density at radius 2 is 1.71 bits per heavy atom. The fourth-order valence-electron chi connectivity index (χ4n) is 4.21. The summed E-state index contributed by atoms with van der Waals surface area (Å²) in [5.41, 5.74) is 2.18. The van der Waals surface area contributed by atoms with Crippen LogP contribution in [0, 0.1) is 11.7 Å². The summed E-state index contributed by atoms with van der Waals surface area (Å²) in [5, 5.41) is 2.67. The van der Waals surface area contributed by atoms with Gasteiger partial charge in [-0.1, -0.05) is 19.1 Å². The highest BCUT2D eigenvalue weighted by Gasteiger charge is 2.43. The molecule has 160 valence electrons. The van der Waals surface area contributed by atoms with E-state index in [-0.39, 0.29) is 11.8 Å². The summed E-state index contributed by atoms with van der Waals surface area (Å²) in [4.78, 5) is 41.4. The number of anilines is 2. The van der Waals surface area contributed by atoms with Crippen molar-refractivity contribution in [3.63, 3.8) is 0 Å². The van der Waals surface area contributed by atoms with Crippen LogP contribution in [-0.2, 0) is 14.4 Å². The van der Waals surface area contributed by atoms with Gasteiger partial charge in [0.2, 0.25) is 5.91 Å². The Labute approximate surface area is 180 Å². The molecular formula is C24H24FN3O3. The molecule has 0 radical (unpaired) electrons. The van der Waals surface area contributed by atoms with Crippen LogP contribution in [0.5, 0.6) is 0 Å². The molecule has 2 aromatic carbocycles. The average molecular weight is 421 g/mol. The lowest BCUT2D eigenvalue weighted by atomic mass is 9.98. The number of halogens is 1. The molecular weight excluding hydrogens is 397 g/mol. The highest BCUT2D eigenvalue weighted by Crippen LogP contribution is 2.36. The highest BCUT2D eigenvalue weighted by molar-refractivity contribution is 6.45. The number of amides is 3. The molecule has 2 heterocycles. The number of hydrogen-bond acceptors (Lipinski definition) is 4. The van der Waals surface area contributed by atoms with Crippen LogP contribution in [0.15, 0.2) is 54.2 Å². The van der Waals surface area contributed by atoms with Crippen molar-refractivity contribution < 1.29 is 18.8 Å². The Bertz CT molecular complexity index is 1060. The first-order chi connectivity index (χ1) is 14.8. The summed E-state index contributed by atoms with van der Waals surface area (Å²) >= 11 is 0. The normalized spacial score (nSPS) is 19.3. The molecule has 0 saturated carbocycles. The van der Waals surface area contributed by atoms with Crippen molar-refractivity contribution >= 4 is 34.7 Å². The zero-order valence-corrected chi connectivity index (χ0v) is 17.5. The van der Waals surface area contributed by atoms with Gasteiger partial charge in [0, 0.05) is 25.7 Å². The van der Waals surface area contributed by atoms with Gasteiger partial charge in [-0.2, -0.15) is 0 Å². The maximum Gasteiger partial charge on any atom is 0.282 e. The summed E-state index contributed by atoms with van der Waals surface area (Å²) in [7, 11) is 0. The Morgan fingerprint density at radius 3 is 2.32 bits per heavy atom. The third-order valence-corrected chi connectivity index (χ3v) is 5.61. The molecule has 0 aromatic heterocycles. The zero-order chi connectivity index (χ0) is 22.1. The Morgan fingerprint density at radius 1 is 1.03 bits per heavy atom. The molecule has 6 nitrogen and oxygen atoms in total. The van der Waals surface area contributed by atoms with Crippen molar-refractivity contribution in [3.05, 3.63) is 65.6 Å². The number of imide groups is 1. The van der Waals surface area contributed by atoms with Gasteiger partial charge in [-0.3, -0.25) is 14.4 Å². The van der Waals surface area contributed by atoms with E-state index < -0.39 is 11.7 Å². The fourth-order valence-corrected chi connectivity index (χ4v) is 4.21. The predicted octanol–water partition coefficient (Wildman–Crippen LogP) is 3.80. The smallest absolute Gasteiger partial charge is 0.282 e. The number of likely N-dealkylation sites (tertiary alicyclic amines) is 1. The molecule has 0 bridgehead atoms. The molecule has 2 aliphatic rings. The maximum absolute atomic E-state index is 13.5. The number of carbonyl (C=O) groups excluding carboxylic acids is 3. The van der Waals surface area contributed by atoms with Gasteiger partial charge in [-0.05, 0) is 60.7 Å². The first-order valence-corrected chi connectivity index (χ1v) is 10.4. The van der Waals surface area contributed by atoms with Gasteiger partial charge in [0.25, 0.3) is 11.8 Å². The van der Waals surface area contributed by atoms with Crippen LogP contribution in [-0.4, -0.2) is 35.7 Å². The number of nitrogens with one attached hydrogen (secondary N) is 1. The van der Waals surface area contributed by atoms with Crippen molar-refractivity contribution in [3.8, 4) is 0 Å². The lowest BCUT2D eigenvalue weighted by Crippen LogP contribution is -2.39. The molecule has 1 saturated heterocycles. The van der Waals surface area contributed by atoms with Crippen molar-refractivity contribution in [2.24, 2.45) is 5.92 Å². The van der Waals surface area contributed by atoms with Crippen LogP contribution >= 0.6 is 0 Å². The number of hydrogen-bond donors (Lipinski definition) is 1. The highest BCUT2D eigenvalue weighted by atomic mass is 19.1. The number of nitrogens with zero attached hydrogens (tertiary/aromatic N) is 2. The molecule has 2 aliphatic heterocycles. The number of carbonyl (C=O) groups is 3. The topological polar surface area (TPSA) is 69.7 Å². The monoisotopic (exact) mass is 421 g/mol. The van der Waals surface area contributed by atoms with Crippen LogP contribution in [0.4, 0.5) is 15.8 Å². The van der Waals surface area contributed by atoms with Crippen molar-refractivity contribution in [2.45, 2.75) is 26.7 Å². The maximum atomic E-state index is 13.5. The molecule has 1 fully saturated rings. The van der Waals surface area contributed by atoms with E-state index >= 15 is 0 Å². The summed E-state index contributed by atoms with van der Waals surface area (Å²) in [6, 6.07) is 12.2. The second-order valence-corrected chi connectivity index (χ2v) is 8.10. The molecule has 1 atom stereocenters. The Balaban J connectivity index is 1.74. The van der Waals surface area contributed by atoms with Crippen molar-refractivity contribution in [1.82, 2.24) is 4.90 Å². The summed E-state index contributed by atoms with van der Waals surface area (Å²) in [5.74, 6) is -1.02. The standard InChI is InChI=1S/C24H24FN3O3/c1-15-4-3-13-27(14-15)22-21(17-5-7-18(25)8-6-17)23(30)28(24(22)31)20-11-9-19(10-12-20)26-16(2)29/h5-12,15H,3-4,13-14H2,1-2H3,(H,26,29). The molecule has 7 heteroatoms. The van der Waals surface area contributed by atoms with E-state index in [0.29, 0.717) is 47.2 Å². The van der Waals surface area contributed by atoms with Crippen LogP contribution in [0.2, 0.25) is 0 Å². The van der Waals surface area contributed by atoms with Crippen LogP contribution in [0.1, 0.15) is 32.3 Å². The van der Waals surface area contributed by atoms with E-state index in [4.69, 9.17) is 0 Å². The van der Waals surface area contributed by atoms with E-state index in [1.165, 1.54) is 31.2 Å². The molecule has 1 N–H and O–H groups in total. The SMILES string of the molecule is CC(=O)Nc1ccc(N2C(=O)C(c3ccc(F)cc3)=C(N3CCCC(C)C3)C2=O)cc1. The molecule has 0 spiro atoms. The molecule has 3 amide bonds. The van der Waals surface area contributed by atoms with E-state index in [2.05, 4.69) is 12.2 Å². The summed E-state index contributed by atoms with van der Waals surface area (Å²) in [6.07, 6.45) is 2.01. The van der Waals surface area contributed by atoms with Crippen LogP contribution in [0.3, 0.4) is 0 Å². The minimum absolute atomic E-state index is 0.206. The van der Waals surface area contributed by atoms with E-state index in [1.807, 2.05) is 4.90 Å². The average Bonchev–Trinajstić information content (AvgIpc) is 2.99. The Hall–Kier alpha value is -3.48. The minimum Gasteiger partial charge on any atom is -0.366 e. The zero-order valence-electron chi connectivity index (χ0n) is 17.5. The third kappa shape index (κ3) is 4.08. The van der Waals surface area contributed by atoms with Crippen molar-refractivity contribution in [2.75, 3.05) is 23.3 Å². The summed E-state index contributed by atoms with van der Waals surface area (Å²) < 4.78 is 13.5. The first-order valence-electron chi connectivity index (χ1n) is 10.4. The summed E-state index contributed by atoms with van der Waals surface area (Å²) in [6.45, 7) is 4.92. The van der Waals surface area contributed by atoms with Crippen molar-refractivity contribution in [1.29, 1.82) is 0 Å². The third-order valence-electron chi connectivity index (χ3n) is 5.61. The molecule has 2 aromatic rings. The second kappa shape index (κ2) is 8.34. The molecule has 31 heavy (non-hydrogen) atoms. The number of benzene rings is 2. The largest absolute Gasteiger partial charge is 0.366 e. The molecule has 1 unspecified atom stereocenters. The van der Waals surface area contributed by atoms with Gasteiger partial charge in [-0.25, -0.2) is 9.29 Å². The van der Waals surface area contributed by atoms with E-state index in [9.17, 15) is 18.8 Å². The first kappa shape index (κ1) is 20.8. The number of piperidine rings is 1. The Kier molecular flexibility index (Phi) is 5.59. The predicted molar refractivity (Wildman–Crippen MR) is 117 cm³/mol. The second-order valence-electron chi connectivity index (χ2n) is 8.10. The number of rotatable bonds is 4. The minimum atomic E-state index is -0.433. The fraction of sp³-hybridized carbons (Fsp3) is 0.292. The van der Waals surface area contributed by atoms with Gasteiger partial charge in [0.05, 0.1) is 11.3 Å². The van der Waals surface area contributed by atoms with E-state index in [1.54, 1.807) is 24.3 Å². The van der Waals surface area contributed by atoms with Crippen LogP contribution in [0.25, 0.3) is 5.57 Å². The van der Waals surface area contributed by atoms with Gasteiger partial charge >= 0.3 is 0 Å². The molecule has 0 aliphatic carbocycles. The van der Waals surface area contributed by atoms with Gasteiger partial charge in [-0.15, -0.1) is 0 Å². The lowest BCUT2D eigenvalue weighted by molar-refractivity contribution is -0.121. The van der Waals surface area contributed by atoms with E-state index in [0.717, 1.165) is 17.7 Å². The molecule has 4 rings (SSSR count). The van der Waals surface area contributed by atoms with Crippen LogP contribution < -0.4 is 10.2 Å². The lowest BCUT2D eigenvalue weighted by Gasteiger charge is -2.33. The van der Waals surface area contributed by atoms with Gasteiger partial charge in [0.15, 0.2) is 0 Å². The van der Waals surface area contributed by atoms with Gasteiger partial charge < -0.3 is 10.2 Å². The van der Waals surface area contributed by atoms with Gasteiger partial charge in [0.1, 0.15) is 11.5 Å².